The fraction of sp³-hybridized carbons (Fsp3) is 0.194. The number of amides is 2. The maximum Gasteiger partial charge on any atom is 0.322 e. The highest BCUT2D eigenvalue weighted by Crippen LogP contribution is 2.27. The Morgan fingerprint density at radius 3 is 2.34 bits per heavy atom. The number of carbonyl (C=O) groups excluding carboxylic acids is 1. The summed E-state index contributed by atoms with van der Waals surface area (Å²) < 4.78 is 7.21. The van der Waals surface area contributed by atoms with Crippen LogP contribution in [0.4, 0.5) is 10.5 Å². The first-order valence-electron chi connectivity index (χ1n) is 12.6. The van der Waals surface area contributed by atoms with Gasteiger partial charge in [0.1, 0.15) is 11.6 Å². The Hall–Kier alpha value is -4.65. The smallest absolute Gasteiger partial charge is 0.322 e. The Kier molecular flexibility index (Phi) is 6.83. The molecule has 0 aliphatic carbocycles. The molecular formula is C31H30N4O3. The molecule has 2 aromatic heterocycles. The third-order valence-electron chi connectivity index (χ3n) is 6.82. The quantitative estimate of drug-likeness (QED) is 0.278. The van der Waals surface area contributed by atoms with E-state index in [0.717, 1.165) is 22.4 Å². The molecule has 2 amide bonds. The molecule has 0 saturated heterocycles. The molecule has 38 heavy (non-hydrogen) atoms. The minimum absolute atomic E-state index is 0.186. The highest BCUT2D eigenvalue weighted by Gasteiger charge is 2.28. The van der Waals surface area contributed by atoms with Crippen LogP contribution in [0.5, 0.6) is 0 Å². The zero-order valence-electron chi connectivity index (χ0n) is 21.9. The minimum Gasteiger partial charge on any atom is -0.467 e. The summed E-state index contributed by atoms with van der Waals surface area (Å²) in [5.41, 5.74) is 4.85. The van der Waals surface area contributed by atoms with Crippen molar-refractivity contribution in [1.29, 1.82) is 0 Å². The molecule has 0 bridgehead atoms. The molecule has 7 heteroatoms. The number of furan rings is 1. The molecule has 2 heterocycles. The standard InChI is InChI=1S/C31H30N4O3/c1-20-14-16-24(17-15-20)35-29(32-27-13-6-5-12-26(27)30(35)36)23(4)34(19-25-11-8-18-38-25)31(37)33-28-21(2)9-7-10-22(28)3/h5-18,23H,19H2,1-4H3,(H,33,37). The number of carbonyl (C=O) groups is 1. The first-order valence-corrected chi connectivity index (χ1v) is 12.6. The van der Waals surface area contributed by atoms with E-state index in [1.54, 1.807) is 27.9 Å². The Morgan fingerprint density at radius 2 is 1.66 bits per heavy atom. The topological polar surface area (TPSA) is 80.4 Å². The van der Waals surface area contributed by atoms with E-state index in [-0.39, 0.29) is 18.1 Å². The fourth-order valence-corrected chi connectivity index (χ4v) is 4.66. The summed E-state index contributed by atoms with van der Waals surface area (Å²) in [6.07, 6.45) is 1.58. The maximum atomic E-state index is 13.9. The van der Waals surface area contributed by atoms with Gasteiger partial charge in [0.05, 0.1) is 35.4 Å². The molecule has 0 radical (unpaired) electrons. The molecule has 0 aliphatic heterocycles. The van der Waals surface area contributed by atoms with Crippen LogP contribution in [0.1, 0.15) is 41.2 Å². The maximum absolute atomic E-state index is 13.9. The van der Waals surface area contributed by atoms with E-state index in [2.05, 4.69) is 5.32 Å². The second-order valence-electron chi connectivity index (χ2n) is 9.54. The Balaban J connectivity index is 1.65. The van der Waals surface area contributed by atoms with Gasteiger partial charge in [0.2, 0.25) is 0 Å². The van der Waals surface area contributed by atoms with Gasteiger partial charge in [-0.25, -0.2) is 9.78 Å². The van der Waals surface area contributed by atoms with E-state index in [9.17, 15) is 9.59 Å². The lowest BCUT2D eigenvalue weighted by atomic mass is 10.1. The van der Waals surface area contributed by atoms with Crippen LogP contribution >= 0.6 is 0 Å². The Morgan fingerprint density at radius 1 is 0.947 bits per heavy atom. The summed E-state index contributed by atoms with van der Waals surface area (Å²) in [5.74, 6) is 1.08. The van der Waals surface area contributed by atoms with Crippen molar-refractivity contribution in [2.24, 2.45) is 0 Å². The van der Waals surface area contributed by atoms with Gasteiger partial charge in [0.25, 0.3) is 5.56 Å². The predicted octanol–water partition coefficient (Wildman–Crippen LogP) is 6.70. The van der Waals surface area contributed by atoms with Gasteiger partial charge in [0, 0.05) is 5.69 Å². The zero-order chi connectivity index (χ0) is 26.8. The first kappa shape index (κ1) is 25.0. The number of urea groups is 1. The largest absolute Gasteiger partial charge is 0.467 e. The van der Waals surface area contributed by atoms with Gasteiger partial charge in [-0.05, 0) is 75.2 Å². The van der Waals surface area contributed by atoms with Crippen molar-refractivity contribution in [2.75, 3.05) is 5.32 Å². The fourth-order valence-electron chi connectivity index (χ4n) is 4.66. The van der Waals surface area contributed by atoms with Gasteiger partial charge in [-0.1, -0.05) is 48.0 Å². The lowest BCUT2D eigenvalue weighted by molar-refractivity contribution is 0.179. The highest BCUT2D eigenvalue weighted by atomic mass is 16.3. The SMILES string of the molecule is Cc1ccc(-n2c(C(C)N(Cc3ccco3)C(=O)Nc3c(C)cccc3C)nc3ccccc3c2=O)cc1. The number of aromatic nitrogens is 2. The number of benzene rings is 3. The van der Waals surface area contributed by atoms with Crippen LogP contribution in [0.2, 0.25) is 0 Å². The highest BCUT2D eigenvalue weighted by molar-refractivity contribution is 5.91. The number of rotatable bonds is 6. The molecular weight excluding hydrogens is 476 g/mol. The Bertz CT molecular complexity index is 1630. The van der Waals surface area contributed by atoms with Crippen LogP contribution in [0.15, 0.2) is 94.3 Å². The van der Waals surface area contributed by atoms with E-state index < -0.39 is 6.04 Å². The summed E-state index contributed by atoms with van der Waals surface area (Å²) in [6, 6.07) is 23.6. The van der Waals surface area contributed by atoms with E-state index in [1.165, 1.54) is 0 Å². The number of aryl methyl sites for hydroxylation is 3. The molecule has 0 spiro atoms. The summed E-state index contributed by atoms with van der Waals surface area (Å²) in [5, 5.41) is 3.61. The normalized spacial score (nSPS) is 11.9. The number of nitrogens with one attached hydrogen (secondary N) is 1. The van der Waals surface area contributed by atoms with Crippen molar-refractivity contribution in [2.45, 2.75) is 40.3 Å². The van der Waals surface area contributed by atoms with Crippen LogP contribution in [-0.4, -0.2) is 20.5 Å². The summed E-state index contributed by atoms with van der Waals surface area (Å²) >= 11 is 0. The van der Waals surface area contributed by atoms with Crippen LogP contribution in [0.3, 0.4) is 0 Å². The lowest BCUT2D eigenvalue weighted by Crippen LogP contribution is -2.39. The molecule has 1 N–H and O–H groups in total. The average Bonchev–Trinajstić information content (AvgIpc) is 3.43. The summed E-state index contributed by atoms with van der Waals surface area (Å²) in [4.78, 5) is 34.2. The molecule has 0 fully saturated rings. The number of nitrogens with zero attached hydrogens (tertiary/aromatic N) is 3. The van der Waals surface area contributed by atoms with Crippen molar-refractivity contribution in [3.63, 3.8) is 0 Å². The Labute approximate surface area is 221 Å². The molecule has 7 nitrogen and oxygen atoms in total. The van der Waals surface area contributed by atoms with Gasteiger partial charge in [-0.2, -0.15) is 0 Å². The van der Waals surface area contributed by atoms with Crippen molar-refractivity contribution >= 4 is 22.6 Å². The number of hydrogen-bond donors (Lipinski definition) is 1. The van der Waals surface area contributed by atoms with Crippen LogP contribution in [0, 0.1) is 20.8 Å². The monoisotopic (exact) mass is 506 g/mol. The van der Waals surface area contributed by atoms with Gasteiger partial charge >= 0.3 is 6.03 Å². The van der Waals surface area contributed by atoms with Crippen molar-refractivity contribution in [3.05, 3.63) is 124 Å². The zero-order valence-corrected chi connectivity index (χ0v) is 21.9. The molecule has 5 rings (SSSR count). The molecule has 1 unspecified atom stereocenters. The molecule has 3 aromatic carbocycles. The van der Waals surface area contributed by atoms with Gasteiger partial charge in [-0.3, -0.25) is 9.36 Å². The second-order valence-corrected chi connectivity index (χ2v) is 9.54. The summed E-state index contributed by atoms with van der Waals surface area (Å²) in [6.45, 7) is 8.00. The molecule has 0 saturated carbocycles. The number of para-hydroxylation sites is 2. The molecule has 1 atom stereocenters. The van der Waals surface area contributed by atoms with E-state index in [4.69, 9.17) is 9.40 Å². The van der Waals surface area contributed by atoms with Crippen molar-refractivity contribution in [3.8, 4) is 5.69 Å². The molecule has 0 aliphatic rings. The van der Waals surface area contributed by atoms with Gasteiger partial charge < -0.3 is 14.6 Å². The molecule has 192 valence electrons. The van der Waals surface area contributed by atoms with E-state index in [0.29, 0.717) is 28.2 Å². The van der Waals surface area contributed by atoms with E-state index >= 15 is 0 Å². The van der Waals surface area contributed by atoms with Crippen molar-refractivity contribution < 1.29 is 9.21 Å². The van der Waals surface area contributed by atoms with Crippen LogP contribution < -0.4 is 10.9 Å². The summed E-state index contributed by atoms with van der Waals surface area (Å²) in [7, 11) is 0. The predicted molar refractivity (Wildman–Crippen MR) is 150 cm³/mol. The third-order valence-corrected chi connectivity index (χ3v) is 6.82. The lowest BCUT2D eigenvalue weighted by Gasteiger charge is -2.30. The number of hydrogen-bond acceptors (Lipinski definition) is 4. The first-order chi connectivity index (χ1) is 18.3. The number of anilines is 1. The average molecular weight is 507 g/mol. The van der Waals surface area contributed by atoms with Crippen LogP contribution in [-0.2, 0) is 6.54 Å². The van der Waals surface area contributed by atoms with Gasteiger partial charge in [-0.15, -0.1) is 0 Å². The van der Waals surface area contributed by atoms with Gasteiger partial charge in [0.15, 0.2) is 0 Å². The number of fused-ring (bicyclic) bond motifs is 1. The molecule has 5 aromatic rings. The van der Waals surface area contributed by atoms with Crippen molar-refractivity contribution in [1.82, 2.24) is 14.5 Å². The van der Waals surface area contributed by atoms with Crippen LogP contribution in [0.25, 0.3) is 16.6 Å². The second kappa shape index (κ2) is 10.4. The third kappa shape index (κ3) is 4.83. The minimum atomic E-state index is -0.581. The van der Waals surface area contributed by atoms with E-state index in [1.807, 2.05) is 94.4 Å².